The third kappa shape index (κ3) is 3.91. The molecule has 6 heteroatoms. The van der Waals surface area contributed by atoms with Crippen LogP contribution in [-0.4, -0.2) is 21.3 Å². The van der Waals surface area contributed by atoms with Crippen LogP contribution >= 0.6 is 12.4 Å². The fraction of sp³-hybridized carbons (Fsp3) is 0.154. The topological polar surface area (TPSA) is 80.5 Å². The number of nitrogens with two attached hydrogens (primary N) is 1. The molecule has 1 aromatic heterocycles. The highest BCUT2D eigenvalue weighted by molar-refractivity contribution is 5.85. The highest BCUT2D eigenvalue weighted by atomic mass is 35.5. The monoisotopic (exact) mass is 275 g/mol. The first-order chi connectivity index (χ1) is 8.83. The summed E-state index contributed by atoms with van der Waals surface area (Å²) in [5.41, 5.74) is 8.06. The van der Waals surface area contributed by atoms with E-state index in [-0.39, 0.29) is 12.4 Å². The Morgan fingerprint density at radius 3 is 2.95 bits per heavy atom. The Labute approximate surface area is 117 Å². The molecule has 0 atom stereocenters. The molecule has 2 N–H and O–H groups in total. The van der Waals surface area contributed by atoms with Crippen molar-refractivity contribution in [2.75, 3.05) is 6.54 Å². The van der Waals surface area contributed by atoms with Gasteiger partial charge in [0.2, 0.25) is 0 Å². The van der Waals surface area contributed by atoms with Gasteiger partial charge in [0.05, 0.1) is 0 Å². The zero-order valence-corrected chi connectivity index (χ0v) is 11.0. The molecule has 0 aliphatic heterocycles. The molecule has 98 valence electrons. The molecule has 0 spiro atoms. The summed E-state index contributed by atoms with van der Waals surface area (Å²) in [5, 5.41) is 13.0. The molecular formula is C13H14ClN5. The number of aromatic nitrogens is 3. The first kappa shape index (κ1) is 14.9. The second-order valence-corrected chi connectivity index (χ2v) is 3.77. The van der Waals surface area contributed by atoms with E-state index in [1.54, 1.807) is 6.08 Å². The van der Waals surface area contributed by atoms with E-state index in [0.717, 1.165) is 17.5 Å². The average molecular weight is 276 g/mol. The molecule has 0 saturated heterocycles. The maximum Gasteiger partial charge on any atom is 0.144 e. The minimum atomic E-state index is 0. The highest BCUT2D eigenvalue weighted by Crippen LogP contribution is 2.12. The Morgan fingerprint density at radius 1 is 1.47 bits per heavy atom. The van der Waals surface area contributed by atoms with E-state index >= 15 is 0 Å². The third-order valence-electron chi connectivity index (χ3n) is 2.47. The lowest BCUT2D eigenvalue weighted by molar-refractivity contribution is 0.914. The third-order valence-corrected chi connectivity index (χ3v) is 2.47. The molecule has 0 radical (unpaired) electrons. The second kappa shape index (κ2) is 7.31. The second-order valence-electron chi connectivity index (χ2n) is 3.77. The van der Waals surface area contributed by atoms with Crippen LogP contribution in [0.3, 0.4) is 0 Å². The Balaban J connectivity index is 0.00000180. The number of benzene rings is 1. The number of nitrogens with zero attached hydrogens (tertiary/aromatic N) is 4. The van der Waals surface area contributed by atoms with Crippen LogP contribution in [0.1, 0.15) is 11.1 Å². The van der Waals surface area contributed by atoms with E-state index in [0.29, 0.717) is 12.2 Å². The summed E-state index contributed by atoms with van der Waals surface area (Å²) < 4.78 is 1.44. The Kier molecular flexibility index (Phi) is 5.73. The van der Waals surface area contributed by atoms with E-state index in [1.807, 2.05) is 24.3 Å². The molecule has 0 amide bonds. The van der Waals surface area contributed by atoms with Gasteiger partial charge in [-0.3, -0.25) is 0 Å². The van der Waals surface area contributed by atoms with Gasteiger partial charge >= 0.3 is 0 Å². The zero-order chi connectivity index (χ0) is 12.8. The van der Waals surface area contributed by atoms with Crippen LogP contribution in [0.2, 0.25) is 0 Å². The van der Waals surface area contributed by atoms with Gasteiger partial charge in [0.15, 0.2) is 0 Å². The summed E-state index contributed by atoms with van der Waals surface area (Å²) in [7, 11) is 0. The van der Waals surface area contributed by atoms with Gasteiger partial charge in [-0.1, -0.05) is 24.3 Å². The zero-order valence-electron chi connectivity index (χ0n) is 10.2. The molecule has 0 fully saturated rings. The van der Waals surface area contributed by atoms with Gasteiger partial charge in [0.25, 0.3) is 0 Å². The van der Waals surface area contributed by atoms with Gasteiger partial charge in [0.1, 0.15) is 24.4 Å². The van der Waals surface area contributed by atoms with Gasteiger partial charge < -0.3 is 5.73 Å². The molecular weight excluding hydrogens is 262 g/mol. The van der Waals surface area contributed by atoms with Crippen LogP contribution in [0, 0.1) is 11.3 Å². The minimum Gasteiger partial charge on any atom is -0.330 e. The van der Waals surface area contributed by atoms with E-state index in [1.165, 1.54) is 17.3 Å². The predicted molar refractivity (Wildman–Crippen MR) is 76.3 cm³/mol. The molecule has 1 aromatic carbocycles. The number of rotatable bonds is 4. The lowest BCUT2D eigenvalue weighted by atomic mass is 10.1. The maximum atomic E-state index is 9.10. The van der Waals surface area contributed by atoms with E-state index in [9.17, 15) is 0 Å². The van der Waals surface area contributed by atoms with Gasteiger partial charge in [-0.15, -0.1) is 12.4 Å². The Hall–Kier alpha value is -2.16. The molecule has 2 rings (SSSR count). The highest BCUT2D eigenvalue weighted by Gasteiger charge is 2.00. The largest absolute Gasteiger partial charge is 0.330 e. The standard InChI is InChI=1S/C13H13N5.ClH/c14-5-4-11-2-1-3-12(6-11)7-13(8-15)18-10-16-9-17-18;/h1-3,6-7,9-10H,4-5,14H2;1H/b13-7-;. The average Bonchev–Trinajstić information content (AvgIpc) is 2.90. The quantitative estimate of drug-likeness (QED) is 0.862. The van der Waals surface area contributed by atoms with Crippen LogP contribution in [0.15, 0.2) is 36.9 Å². The summed E-state index contributed by atoms with van der Waals surface area (Å²) in [6.45, 7) is 0.612. The Morgan fingerprint density at radius 2 is 2.32 bits per heavy atom. The van der Waals surface area contributed by atoms with Gasteiger partial charge in [0, 0.05) is 0 Å². The fourth-order valence-corrected chi connectivity index (χ4v) is 1.65. The van der Waals surface area contributed by atoms with Gasteiger partial charge in [-0.25, -0.2) is 9.67 Å². The summed E-state index contributed by atoms with van der Waals surface area (Å²) in [6, 6.07) is 10.0. The first-order valence-corrected chi connectivity index (χ1v) is 5.59. The fourth-order valence-electron chi connectivity index (χ4n) is 1.65. The number of allylic oxidation sites excluding steroid dienone is 1. The first-order valence-electron chi connectivity index (χ1n) is 5.59. The van der Waals surface area contributed by atoms with Crippen molar-refractivity contribution in [3.05, 3.63) is 48.0 Å². The van der Waals surface area contributed by atoms with Crippen molar-refractivity contribution < 1.29 is 0 Å². The van der Waals surface area contributed by atoms with Crippen molar-refractivity contribution in [1.29, 1.82) is 5.26 Å². The molecule has 0 aliphatic rings. The normalized spacial score (nSPS) is 10.6. The molecule has 5 nitrogen and oxygen atoms in total. The van der Waals surface area contributed by atoms with Crippen LogP contribution in [0.5, 0.6) is 0 Å². The van der Waals surface area contributed by atoms with E-state index in [4.69, 9.17) is 11.0 Å². The SMILES string of the molecule is Cl.N#C/C(=C/c1cccc(CCN)c1)n1cncn1. The van der Waals surface area contributed by atoms with E-state index < -0.39 is 0 Å². The van der Waals surface area contributed by atoms with Crippen molar-refractivity contribution in [2.45, 2.75) is 6.42 Å². The van der Waals surface area contributed by atoms with Gasteiger partial charge in [-0.2, -0.15) is 10.4 Å². The van der Waals surface area contributed by atoms with Gasteiger partial charge in [-0.05, 0) is 30.2 Å². The lowest BCUT2D eigenvalue weighted by Crippen LogP contribution is -2.02. The smallest absolute Gasteiger partial charge is 0.144 e. The minimum absolute atomic E-state index is 0. The summed E-state index contributed by atoms with van der Waals surface area (Å²) in [6.07, 6.45) is 5.50. The summed E-state index contributed by atoms with van der Waals surface area (Å²) >= 11 is 0. The summed E-state index contributed by atoms with van der Waals surface area (Å²) in [5.74, 6) is 0. The molecule has 1 heterocycles. The molecule has 0 aliphatic carbocycles. The number of halogens is 1. The molecule has 0 unspecified atom stereocenters. The number of nitriles is 1. The van der Waals surface area contributed by atoms with Crippen molar-refractivity contribution in [3.63, 3.8) is 0 Å². The van der Waals surface area contributed by atoms with Crippen molar-refractivity contribution in [3.8, 4) is 6.07 Å². The molecule has 2 aromatic rings. The van der Waals surface area contributed by atoms with Crippen LogP contribution in [0.25, 0.3) is 11.8 Å². The maximum absolute atomic E-state index is 9.10. The summed E-state index contributed by atoms with van der Waals surface area (Å²) in [4.78, 5) is 3.82. The van der Waals surface area contributed by atoms with Crippen LogP contribution < -0.4 is 5.73 Å². The lowest BCUT2D eigenvalue weighted by Gasteiger charge is -2.01. The van der Waals surface area contributed by atoms with E-state index in [2.05, 4.69) is 16.2 Å². The Bertz CT molecular complexity index is 583. The molecule has 19 heavy (non-hydrogen) atoms. The molecule has 0 bridgehead atoms. The van der Waals surface area contributed by atoms with Crippen molar-refractivity contribution in [2.24, 2.45) is 5.73 Å². The van der Waals surface area contributed by atoms with Crippen molar-refractivity contribution >= 4 is 24.2 Å². The van der Waals surface area contributed by atoms with Crippen LogP contribution in [0.4, 0.5) is 0 Å². The van der Waals surface area contributed by atoms with Crippen LogP contribution in [-0.2, 0) is 6.42 Å². The predicted octanol–water partition coefficient (Wildman–Crippen LogP) is 1.72. The molecule has 0 saturated carbocycles. The van der Waals surface area contributed by atoms with Crippen molar-refractivity contribution in [1.82, 2.24) is 14.8 Å². The number of hydrogen-bond donors (Lipinski definition) is 1. The number of hydrogen-bond acceptors (Lipinski definition) is 4.